The van der Waals surface area contributed by atoms with Gasteiger partial charge in [0, 0.05) is 18.7 Å². The fourth-order valence-corrected chi connectivity index (χ4v) is 4.77. The lowest BCUT2D eigenvalue weighted by molar-refractivity contribution is -0.153. The van der Waals surface area contributed by atoms with E-state index in [-0.39, 0.29) is 23.2 Å². The van der Waals surface area contributed by atoms with E-state index in [4.69, 9.17) is 4.74 Å². The van der Waals surface area contributed by atoms with Crippen molar-refractivity contribution in [3.63, 3.8) is 0 Å². The van der Waals surface area contributed by atoms with Gasteiger partial charge in [-0.15, -0.1) is 0 Å². The third kappa shape index (κ3) is 3.93. The average molecular weight is 427 g/mol. The van der Waals surface area contributed by atoms with Gasteiger partial charge in [-0.05, 0) is 36.6 Å². The molecule has 0 unspecified atom stereocenters. The lowest BCUT2D eigenvalue weighted by Gasteiger charge is -2.28. The molecule has 1 amide bonds. The number of ether oxygens (including phenoxy) is 1. The molecular weight excluding hydrogens is 406 g/mol. The summed E-state index contributed by atoms with van der Waals surface area (Å²) in [6.45, 7) is 2.18. The summed E-state index contributed by atoms with van der Waals surface area (Å²) < 4.78 is 31.8. The molecule has 2 aromatic carbocycles. The molecule has 0 bridgehead atoms. The van der Waals surface area contributed by atoms with Crippen molar-refractivity contribution in [3.8, 4) is 0 Å². The van der Waals surface area contributed by atoms with Crippen LogP contribution in [-0.2, 0) is 37.3 Å². The number of nitrogens with zero attached hydrogens (tertiary/aromatic N) is 2. The number of amidine groups is 1. The van der Waals surface area contributed by atoms with Gasteiger partial charge in [0.25, 0.3) is 15.9 Å². The number of rotatable bonds is 4. The van der Waals surface area contributed by atoms with Gasteiger partial charge in [0.05, 0.1) is 4.90 Å². The summed E-state index contributed by atoms with van der Waals surface area (Å²) in [7, 11) is -3.68. The maximum atomic E-state index is 12.4. The van der Waals surface area contributed by atoms with Crippen molar-refractivity contribution in [1.82, 2.24) is 9.62 Å². The van der Waals surface area contributed by atoms with Gasteiger partial charge in [0.1, 0.15) is 11.9 Å². The summed E-state index contributed by atoms with van der Waals surface area (Å²) in [4.78, 5) is 30.7. The van der Waals surface area contributed by atoms with Crippen LogP contribution >= 0.6 is 0 Å². The molecule has 0 aliphatic carbocycles. The fourth-order valence-electron chi connectivity index (χ4n) is 3.53. The highest BCUT2D eigenvalue weighted by atomic mass is 32.2. The maximum absolute atomic E-state index is 12.4. The molecule has 2 heterocycles. The number of carbonyl (C=O) groups is 2. The number of hydrogen-bond acceptors (Lipinski definition) is 6. The minimum absolute atomic E-state index is 0.0917. The normalized spacial score (nSPS) is 18.8. The topological polar surface area (TPSA) is 105 Å². The predicted octanol–water partition coefficient (Wildman–Crippen LogP) is 1.24. The Kier molecular flexibility index (Phi) is 5.29. The first-order chi connectivity index (χ1) is 14.3. The minimum Gasteiger partial charge on any atom is -0.454 e. The van der Waals surface area contributed by atoms with Gasteiger partial charge in [-0.2, -0.15) is 0 Å². The second-order valence-electron chi connectivity index (χ2n) is 7.20. The first kappa shape index (κ1) is 20.1. The van der Waals surface area contributed by atoms with Crippen LogP contribution in [0.5, 0.6) is 0 Å². The predicted molar refractivity (Wildman–Crippen MR) is 109 cm³/mol. The van der Waals surface area contributed by atoms with E-state index in [1.165, 1.54) is 18.6 Å². The number of nitrogens with one attached hydrogen (secondary N) is 1. The van der Waals surface area contributed by atoms with Crippen LogP contribution < -0.4 is 4.72 Å². The van der Waals surface area contributed by atoms with Gasteiger partial charge in [0.15, 0.2) is 6.61 Å². The SMILES string of the molecule is C[C@H](N=C1NS(=O)(=O)c2ccccc21)C(=O)OCC(=O)N1CCc2ccccc2C1. The number of fused-ring (bicyclic) bond motifs is 2. The Labute approximate surface area is 174 Å². The van der Waals surface area contributed by atoms with Gasteiger partial charge in [-0.25, -0.2) is 13.2 Å². The quantitative estimate of drug-likeness (QED) is 0.740. The molecule has 30 heavy (non-hydrogen) atoms. The van der Waals surface area contributed by atoms with E-state index in [0.717, 1.165) is 12.0 Å². The van der Waals surface area contributed by atoms with Crippen LogP contribution in [0, 0.1) is 0 Å². The van der Waals surface area contributed by atoms with E-state index < -0.39 is 22.0 Å². The van der Waals surface area contributed by atoms with Crippen LogP contribution in [0.2, 0.25) is 0 Å². The monoisotopic (exact) mass is 427 g/mol. The van der Waals surface area contributed by atoms with Crippen molar-refractivity contribution < 1.29 is 22.7 Å². The zero-order chi connectivity index (χ0) is 21.3. The number of sulfonamides is 1. The molecule has 2 aliphatic heterocycles. The number of hydrogen-bond donors (Lipinski definition) is 1. The average Bonchev–Trinajstić information content (AvgIpc) is 3.01. The van der Waals surface area contributed by atoms with E-state index in [1.807, 2.05) is 24.3 Å². The van der Waals surface area contributed by atoms with Crippen LogP contribution in [0.3, 0.4) is 0 Å². The van der Waals surface area contributed by atoms with Crippen LogP contribution in [-0.4, -0.2) is 50.2 Å². The molecule has 0 saturated carbocycles. The van der Waals surface area contributed by atoms with Crippen LogP contribution in [0.1, 0.15) is 23.6 Å². The van der Waals surface area contributed by atoms with Crippen LogP contribution in [0.25, 0.3) is 0 Å². The minimum atomic E-state index is -3.68. The molecule has 0 fully saturated rings. The highest BCUT2D eigenvalue weighted by molar-refractivity contribution is 7.90. The molecule has 2 aliphatic rings. The van der Waals surface area contributed by atoms with Crippen molar-refractivity contribution in [3.05, 3.63) is 65.2 Å². The maximum Gasteiger partial charge on any atom is 0.331 e. The molecule has 0 spiro atoms. The van der Waals surface area contributed by atoms with Crippen molar-refractivity contribution in [2.24, 2.45) is 4.99 Å². The first-order valence-corrected chi connectivity index (χ1v) is 11.0. The summed E-state index contributed by atoms with van der Waals surface area (Å²) in [5.41, 5.74) is 2.72. The third-order valence-corrected chi connectivity index (χ3v) is 6.54. The molecule has 0 aromatic heterocycles. The van der Waals surface area contributed by atoms with Crippen LogP contribution in [0.15, 0.2) is 58.4 Å². The Morgan fingerprint density at radius 2 is 1.83 bits per heavy atom. The standard InChI is InChI=1S/C21H21N3O5S/c1-14(22-20-17-8-4-5-9-18(17)30(27,28)23-20)21(26)29-13-19(25)24-11-10-15-6-2-3-7-16(15)12-24/h2-9,14H,10-13H2,1H3,(H,22,23)/t14-/m0/s1. The van der Waals surface area contributed by atoms with Gasteiger partial charge in [0.2, 0.25) is 0 Å². The van der Waals surface area contributed by atoms with Gasteiger partial charge >= 0.3 is 5.97 Å². The highest BCUT2D eigenvalue weighted by Crippen LogP contribution is 2.23. The Morgan fingerprint density at radius 1 is 1.13 bits per heavy atom. The first-order valence-electron chi connectivity index (χ1n) is 9.56. The largest absolute Gasteiger partial charge is 0.454 e. The molecule has 156 valence electrons. The van der Waals surface area contributed by atoms with Crippen molar-refractivity contribution in [2.45, 2.75) is 30.8 Å². The highest BCUT2D eigenvalue weighted by Gasteiger charge is 2.31. The zero-order valence-corrected chi connectivity index (χ0v) is 17.2. The van der Waals surface area contributed by atoms with E-state index in [2.05, 4.69) is 9.71 Å². The molecule has 1 atom stereocenters. The van der Waals surface area contributed by atoms with Crippen LogP contribution in [0.4, 0.5) is 0 Å². The second-order valence-corrected chi connectivity index (χ2v) is 8.85. The Hall–Kier alpha value is -3.20. The Balaban J connectivity index is 1.37. The third-order valence-electron chi connectivity index (χ3n) is 5.15. The molecule has 9 heteroatoms. The summed E-state index contributed by atoms with van der Waals surface area (Å²) >= 11 is 0. The molecule has 1 N–H and O–H groups in total. The Morgan fingerprint density at radius 3 is 2.63 bits per heavy atom. The summed E-state index contributed by atoms with van der Waals surface area (Å²) in [6.07, 6.45) is 0.763. The van der Waals surface area contributed by atoms with E-state index in [1.54, 1.807) is 23.1 Å². The second kappa shape index (κ2) is 7.91. The number of amides is 1. The molecule has 2 aromatic rings. The Bertz CT molecular complexity index is 1140. The van der Waals surface area contributed by atoms with Crippen molar-refractivity contribution in [2.75, 3.05) is 13.2 Å². The molecular formula is C21H21N3O5S. The summed E-state index contributed by atoms with van der Waals surface area (Å²) in [5.74, 6) is -0.879. The number of benzene rings is 2. The molecule has 0 radical (unpaired) electrons. The lowest BCUT2D eigenvalue weighted by atomic mass is 10.00. The fraction of sp³-hybridized carbons (Fsp3) is 0.286. The number of aliphatic imine (C=N–C) groups is 1. The summed E-state index contributed by atoms with van der Waals surface area (Å²) in [6, 6.07) is 13.4. The number of carbonyl (C=O) groups excluding carboxylic acids is 2. The lowest BCUT2D eigenvalue weighted by Crippen LogP contribution is -2.39. The van der Waals surface area contributed by atoms with E-state index in [9.17, 15) is 18.0 Å². The molecule has 8 nitrogen and oxygen atoms in total. The van der Waals surface area contributed by atoms with E-state index in [0.29, 0.717) is 18.7 Å². The van der Waals surface area contributed by atoms with E-state index >= 15 is 0 Å². The van der Waals surface area contributed by atoms with Gasteiger partial charge in [-0.3, -0.25) is 14.5 Å². The van der Waals surface area contributed by atoms with Gasteiger partial charge < -0.3 is 9.64 Å². The summed E-state index contributed by atoms with van der Waals surface area (Å²) in [5, 5.41) is 0. The van der Waals surface area contributed by atoms with Crippen molar-refractivity contribution >= 4 is 27.7 Å². The smallest absolute Gasteiger partial charge is 0.331 e. The number of esters is 1. The van der Waals surface area contributed by atoms with Crippen molar-refractivity contribution in [1.29, 1.82) is 0 Å². The molecule has 4 rings (SSSR count). The zero-order valence-electron chi connectivity index (χ0n) is 16.4. The van der Waals surface area contributed by atoms with Gasteiger partial charge in [-0.1, -0.05) is 36.4 Å². The molecule has 0 saturated heterocycles.